The van der Waals surface area contributed by atoms with Crippen LogP contribution in [0, 0.1) is 0 Å². The molecule has 1 aromatic heterocycles. The van der Waals surface area contributed by atoms with Gasteiger partial charge >= 0.3 is 0 Å². The molecule has 122 valence electrons. The van der Waals surface area contributed by atoms with Crippen LogP contribution in [-0.4, -0.2) is 16.1 Å². The minimum Gasteiger partial charge on any atom is -0.380 e. The number of H-pyrrole nitrogens is 1. The first-order chi connectivity index (χ1) is 11.7. The van der Waals surface area contributed by atoms with Gasteiger partial charge < -0.3 is 10.6 Å². The fraction of sp³-hybridized carbons (Fsp3) is 0.111. The topological polar surface area (TPSA) is 69.8 Å². The lowest BCUT2D eigenvalue weighted by Crippen LogP contribution is -2.14. The molecule has 0 atom stereocenters. The fourth-order valence-electron chi connectivity index (χ4n) is 2.29. The number of carbonyl (C=O) groups is 1. The summed E-state index contributed by atoms with van der Waals surface area (Å²) in [6.07, 6.45) is 1.86. The van der Waals surface area contributed by atoms with Gasteiger partial charge in [0.2, 0.25) is 5.91 Å². The summed E-state index contributed by atoms with van der Waals surface area (Å²) in [4.78, 5) is 12.0. The van der Waals surface area contributed by atoms with Crippen LogP contribution >= 0.6 is 11.6 Å². The van der Waals surface area contributed by atoms with Crippen LogP contribution in [0.2, 0.25) is 5.02 Å². The number of carbonyl (C=O) groups excluding carboxylic acids is 1. The second-order valence-electron chi connectivity index (χ2n) is 5.34. The van der Waals surface area contributed by atoms with E-state index in [1.807, 2.05) is 42.5 Å². The minimum atomic E-state index is -0.125. The van der Waals surface area contributed by atoms with Crippen molar-refractivity contribution < 1.29 is 4.79 Å². The highest BCUT2D eigenvalue weighted by molar-refractivity contribution is 6.33. The molecule has 0 fully saturated rings. The van der Waals surface area contributed by atoms with Crippen LogP contribution in [0.3, 0.4) is 0 Å². The number of aromatic nitrogens is 2. The first kappa shape index (κ1) is 16.1. The Balaban J connectivity index is 1.58. The van der Waals surface area contributed by atoms with E-state index in [1.165, 1.54) is 5.56 Å². The highest BCUT2D eigenvalue weighted by atomic mass is 35.5. The standard InChI is InChI=1S/C18H17ClN4O/c19-16-10-14(22-18(24)11-15-8-9-21-23-15)6-7-17(16)20-12-13-4-2-1-3-5-13/h1-10,20H,11-12H2,(H,21,23)(H,22,24). The Labute approximate surface area is 145 Å². The van der Waals surface area contributed by atoms with Crippen molar-refractivity contribution in [3.05, 3.63) is 77.1 Å². The van der Waals surface area contributed by atoms with Gasteiger partial charge in [0.1, 0.15) is 0 Å². The molecule has 3 rings (SSSR count). The van der Waals surface area contributed by atoms with Gasteiger partial charge in [0.25, 0.3) is 0 Å². The lowest BCUT2D eigenvalue weighted by Gasteiger charge is -2.11. The van der Waals surface area contributed by atoms with Gasteiger partial charge in [-0.25, -0.2) is 0 Å². The normalized spacial score (nSPS) is 10.4. The van der Waals surface area contributed by atoms with E-state index in [9.17, 15) is 4.79 Å². The molecular weight excluding hydrogens is 324 g/mol. The molecule has 1 amide bonds. The molecule has 0 saturated heterocycles. The van der Waals surface area contributed by atoms with Crippen molar-refractivity contribution >= 4 is 28.9 Å². The Morgan fingerprint density at radius 1 is 1.12 bits per heavy atom. The number of anilines is 2. The van der Waals surface area contributed by atoms with Gasteiger partial charge in [0.05, 0.1) is 17.1 Å². The lowest BCUT2D eigenvalue weighted by atomic mass is 10.2. The number of nitrogens with zero attached hydrogens (tertiary/aromatic N) is 1. The molecule has 0 bridgehead atoms. The Morgan fingerprint density at radius 2 is 1.96 bits per heavy atom. The van der Waals surface area contributed by atoms with Gasteiger partial charge in [0, 0.05) is 24.1 Å². The Hall–Kier alpha value is -2.79. The number of aromatic amines is 1. The van der Waals surface area contributed by atoms with E-state index in [0.29, 0.717) is 17.3 Å². The maximum absolute atomic E-state index is 12.0. The van der Waals surface area contributed by atoms with Gasteiger partial charge in [-0.1, -0.05) is 41.9 Å². The molecule has 0 unspecified atom stereocenters. The van der Waals surface area contributed by atoms with Crippen molar-refractivity contribution in [2.75, 3.05) is 10.6 Å². The molecule has 0 saturated carbocycles. The zero-order valence-electron chi connectivity index (χ0n) is 12.9. The molecule has 0 radical (unpaired) electrons. The van der Waals surface area contributed by atoms with E-state index in [4.69, 9.17) is 11.6 Å². The summed E-state index contributed by atoms with van der Waals surface area (Å²) < 4.78 is 0. The maximum atomic E-state index is 12.0. The summed E-state index contributed by atoms with van der Waals surface area (Å²) >= 11 is 6.29. The molecule has 0 aliphatic rings. The molecule has 0 aliphatic heterocycles. The van der Waals surface area contributed by atoms with Crippen LogP contribution in [0.15, 0.2) is 60.8 Å². The molecular formula is C18H17ClN4O. The predicted octanol–water partition coefficient (Wildman–Crippen LogP) is 3.86. The first-order valence-electron chi connectivity index (χ1n) is 7.56. The van der Waals surface area contributed by atoms with Crippen LogP contribution in [0.25, 0.3) is 0 Å². The number of hydrogen-bond acceptors (Lipinski definition) is 3. The van der Waals surface area contributed by atoms with E-state index in [2.05, 4.69) is 20.8 Å². The van der Waals surface area contributed by atoms with E-state index < -0.39 is 0 Å². The summed E-state index contributed by atoms with van der Waals surface area (Å²) in [6, 6.07) is 17.3. The lowest BCUT2D eigenvalue weighted by molar-refractivity contribution is -0.115. The van der Waals surface area contributed by atoms with Gasteiger partial charge in [-0.3, -0.25) is 9.89 Å². The molecule has 1 heterocycles. The second kappa shape index (κ2) is 7.66. The van der Waals surface area contributed by atoms with Gasteiger partial charge in [-0.05, 0) is 29.8 Å². The highest BCUT2D eigenvalue weighted by Gasteiger charge is 2.07. The monoisotopic (exact) mass is 340 g/mol. The molecule has 6 heteroatoms. The highest BCUT2D eigenvalue weighted by Crippen LogP contribution is 2.26. The summed E-state index contributed by atoms with van der Waals surface area (Å²) in [5, 5.41) is 13.3. The maximum Gasteiger partial charge on any atom is 0.230 e. The van der Waals surface area contributed by atoms with Crippen LogP contribution in [-0.2, 0) is 17.8 Å². The summed E-state index contributed by atoms with van der Waals surface area (Å²) in [5.74, 6) is -0.125. The average molecular weight is 341 g/mol. The number of amides is 1. The van der Waals surface area contributed by atoms with Crippen molar-refractivity contribution in [2.24, 2.45) is 0 Å². The third-order valence-corrected chi connectivity index (χ3v) is 3.80. The second-order valence-corrected chi connectivity index (χ2v) is 5.75. The number of benzene rings is 2. The van der Waals surface area contributed by atoms with Crippen molar-refractivity contribution in [1.29, 1.82) is 0 Å². The van der Waals surface area contributed by atoms with Gasteiger partial charge in [0.15, 0.2) is 0 Å². The van der Waals surface area contributed by atoms with E-state index in [-0.39, 0.29) is 12.3 Å². The minimum absolute atomic E-state index is 0.125. The Morgan fingerprint density at radius 3 is 2.67 bits per heavy atom. The largest absolute Gasteiger partial charge is 0.380 e. The predicted molar refractivity (Wildman–Crippen MR) is 96.1 cm³/mol. The Bertz CT molecular complexity index is 803. The Kier molecular flexibility index (Phi) is 5.13. The van der Waals surface area contributed by atoms with Gasteiger partial charge in [-0.2, -0.15) is 5.10 Å². The molecule has 3 N–H and O–H groups in total. The number of hydrogen-bond donors (Lipinski definition) is 3. The van der Waals surface area contributed by atoms with Crippen LogP contribution in [0.1, 0.15) is 11.3 Å². The molecule has 0 spiro atoms. The smallest absolute Gasteiger partial charge is 0.230 e. The van der Waals surface area contributed by atoms with E-state index in [0.717, 1.165) is 11.4 Å². The van der Waals surface area contributed by atoms with Crippen LogP contribution in [0.4, 0.5) is 11.4 Å². The zero-order valence-corrected chi connectivity index (χ0v) is 13.7. The molecule has 0 aliphatic carbocycles. The SMILES string of the molecule is O=C(Cc1ccn[nH]1)Nc1ccc(NCc2ccccc2)c(Cl)c1. The summed E-state index contributed by atoms with van der Waals surface area (Å²) in [5.41, 5.74) is 3.42. The molecule has 3 aromatic rings. The third kappa shape index (κ3) is 4.36. The zero-order chi connectivity index (χ0) is 16.8. The fourth-order valence-corrected chi connectivity index (χ4v) is 2.54. The van der Waals surface area contributed by atoms with Gasteiger partial charge in [-0.15, -0.1) is 0 Å². The van der Waals surface area contributed by atoms with Crippen molar-refractivity contribution in [3.8, 4) is 0 Å². The average Bonchev–Trinajstić information content (AvgIpc) is 3.08. The van der Waals surface area contributed by atoms with E-state index >= 15 is 0 Å². The number of rotatable bonds is 6. The number of nitrogens with one attached hydrogen (secondary N) is 3. The summed E-state index contributed by atoms with van der Waals surface area (Å²) in [6.45, 7) is 0.687. The van der Waals surface area contributed by atoms with Crippen LogP contribution < -0.4 is 10.6 Å². The van der Waals surface area contributed by atoms with Crippen molar-refractivity contribution in [3.63, 3.8) is 0 Å². The van der Waals surface area contributed by atoms with Crippen molar-refractivity contribution in [2.45, 2.75) is 13.0 Å². The quantitative estimate of drug-likeness (QED) is 0.638. The molecule has 24 heavy (non-hydrogen) atoms. The number of halogens is 1. The summed E-state index contributed by atoms with van der Waals surface area (Å²) in [7, 11) is 0. The third-order valence-electron chi connectivity index (χ3n) is 3.49. The molecule has 2 aromatic carbocycles. The molecule has 5 nitrogen and oxygen atoms in total. The van der Waals surface area contributed by atoms with E-state index in [1.54, 1.807) is 18.3 Å². The van der Waals surface area contributed by atoms with Crippen molar-refractivity contribution in [1.82, 2.24) is 10.2 Å². The first-order valence-corrected chi connectivity index (χ1v) is 7.94. The van der Waals surface area contributed by atoms with Crippen LogP contribution in [0.5, 0.6) is 0 Å².